The van der Waals surface area contributed by atoms with Gasteiger partial charge in [0.1, 0.15) is 50.3 Å². The number of phenolic OH excluding ortho intramolecular Hbond substituents is 1. The van der Waals surface area contributed by atoms with Crippen LogP contribution in [0, 0.1) is 0 Å². The molecule has 0 radical (unpaired) electrons. The van der Waals surface area contributed by atoms with Crippen LogP contribution in [0.15, 0.2) is 45.8 Å². The predicted octanol–water partition coefficient (Wildman–Crippen LogP) is 0.0960. The molecule has 0 amide bonds. The van der Waals surface area contributed by atoms with Gasteiger partial charge in [-0.15, -0.1) is 0 Å². The number of phenols is 1. The topological polar surface area (TPSA) is 77.8 Å². The molecule has 1 aliphatic rings. The number of ether oxygens (including phenoxy) is 2. The number of rotatable bonds is 5. The molecule has 0 bridgehead atoms. The first-order chi connectivity index (χ1) is 14.5. The molecule has 30 heavy (non-hydrogen) atoms. The molecule has 7 nitrogen and oxygen atoms in total. The minimum absolute atomic E-state index is 0.137. The molecule has 0 spiro atoms. The van der Waals surface area contributed by atoms with Gasteiger partial charge in [-0.25, -0.2) is 0 Å². The Labute approximate surface area is 175 Å². The van der Waals surface area contributed by atoms with E-state index < -0.39 is 0 Å². The molecule has 2 heterocycles. The molecule has 0 atom stereocenters. The highest BCUT2D eigenvalue weighted by Gasteiger charge is 2.24. The highest BCUT2D eigenvalue weighted by Crippen LogP contribution is 2.33. The Balaban J connectivity index is 1.75. The quantitative estimate of drug-likeness (QED) is 0.554. The van der Waals surface area contributed by atoms with Crippen molar-refractivity contribution in [3.05, 3.63) is 52.4 Å². The number of methoxy groups -OCH3 is 2. The Hall–Kier alpha value is -3.03. The van der Waals surface area contributed by atoms with Crippen molar-refractivity contribution >= 4 is 11.0 Å². The first-order valence-electron chi connectivity index (χ1n) is 10.2. The van der Waals surface area contributed by atoms with E-state index in [1.165, 1.54) is 16.1 Å². The van der Waals surface area contributed by atoms with Gasteiger partial charge in [0.25, 0.3) is 0 Å². The smallest absolute Gasteiger partial charge is 0.200 e. The average Bonchev–Trinajstić information content (AvgIpc) is 2.77. The van der Waals surface area contributed by atoms with Crippen LogP contribution in [0.25, 0.3) is 22.1 Å². The van der Waals surface area contributed by atoms with Crippen LogP contribution in [0.1, 0.15) is 5.56 Å². The second kappa shape index (κ2) is 8.38. The van der Waals surface area contributed by atoms with Gasteiger partial charge in [-0.2, -0.15) is 0 Å². The van der Waals surface area contributed by atoms with E-state index in [9.17, 15) is 9.90 Å². The van der Waals surface area contributed by atoms with E-state index >= 15 is 0 Å². The second-order valence-corrected chi connectivity index (χ2v) is 7.87. The average molecular weight is 412 g/mol. The summed E-state index contributed by atoms with van der Waals surface area (Å²) < 4.78 is 16.6. The number of quaternary nitrogens is 2. The van der Waals surface area contributed by atoms with Gasteiger partial charge >= 0.3 is 0 Å². The largest absolute Gasteiger partial charge is 0.507 e. The first kappa shape index (κ1) is 20.3. The van der Waals surface area contributed by atoms with Crippen LogP contribution in [0.5, 0.6) is 17.2 Å². The summed E-state index contributed by atoms with van der Waals surface area (Å²) >= 11 is 0. The lowest BCUT2D eigenvalue weighted by atomic mass is 10.0. The third-order valence-electron chi connectivity index (χ3n) is 5.95. The molecule has 0 unspecified atom stereocenters. The first-order valence-corrected chi connectivity index (χ1v) is 10.2. The summed E-state index contributed by atoms with van der Waals surface area (Å²) in [7, 11) is 5.32. The minimum Gasteiger partial charge on any atom is -0.507 e. The summed E-state index contributed by atoms with van der Waals surface area (Å²) in [6.45, 7) is 4.86. The second-order valence-electron chi connectivity index (χ2n) is 7.87. The molecule has 7 heteroatoms. The van der Waals surface area contributed by atoms with Gasteiger partial charge in [-0.1, -0.05) is 6.07 Å². The van der Waals surface area contributed by atoms with Crippen molar-refractivity contribution in [2.75, 3.05) is 47.4 Å². The molecule has 0 aliphatic carbocycles. The summed E-state index contributed by atoms with van der Waals surface area (Å²) in [5.74, 6) is 1.31. The van der Waals surface area contributed by atoms with E-state index in [4.69, 9.17) is 13.9 Å². The summed E-state index contributed by atoms with van der Waals surface area (Å²) in [5.41, 5.74) is 2.14. The van der Waals surface area contributed by atoms with Crippen LogP contribution in [-0.2, 0) is 6.54 Å². The van der Waals surface area contributed by atoms with Gasteiger partial charge in [0.15, 0.2) is 11.5 Å². The normalized spacial score (nSPS) is 19.0. The number of benzene rings is 2. The standard InChI is InChI=1S/C23H26N2O5/c1-24-8-10-25(11-9-24)13-17-19(26)6-5-16-22(27)18(14-30-23(16)17)15-4-7-20(28-2)21(12-15)29-3/h4-7,12,14,26H,8-11,13H2,1-3H3/p+2. The molecule has 1 aromatic heterocycles. The fourth-order valence-electron chi connectivity index (χ4n) is 4.08. The van der Waals surface area contributed by atoms with Crippen molar-refractivity contribution in [1.29, 1.82) is 0 Å². The number of piperazine rings is 1. The maximum absolute atomic E-state index is 13.3. The fourth-order valence-corrected chi connectivity index (χ4v) is 4.08. The molecular formula is C23H28N2O5+2. The molecular weight excluding hydrogens is 384 g/mol. The van der Waals surface area contributed by atoms with Crippen LogP contribution in [0.2, 0.25) is 0 Å². The maximum Gasteiger partial charge on any atom is 0.200 e. The van der Waals surface area contributed by atoms with Crippen molar-refractivity contribution in [2.24, 2.45) is 0 Å². The molecule has 3 aromatic rings. The van der Waals surface area contributed by atoms with Gasteiger partial charge in [0.2, 0.25) is 5.43 Å². The van der Waals surface area contributed by atoms with Crippen LogP contribution in [0.3, 0.4) is 0 Å². The zero-order chi connectivity index (χ0) is 21.3. The van der Waals surface area contributed by atoms with Crippen molar-refractivity contribution in [3.8, 4) is 28.4 Å². The van der Waals surface area contributed by atoms with Gasteiger partial charge in [-0.05, 0) is 29.8 Å². The van der Waals surface area contributed by atoms with Gasteiger partial charge < -0.3 is 28.8 Å². The molecule has 158 valence electrons. The Kier molecular flexibility index (Phi) is 5.65. The van der Waals surface area contributed by atoms with Crippen molar-refractivity contribution in [2.45, 2.75) is 6.54 Å². The number of aromatic hydroxyl groups is 1. The molecule has 0 saturated carbocycles. The van der Waals surface area contributed by atoms with Crippen LogP contribution in [0.4, 0.5) is 0 Å². The molecule has 1 fully saturated rings. The Bertz CT molecular complexity index is 1120. The Morgan fingerprint density at radius 2 is 1.77 bits per heavy atom. The van der Waals surface area contributed by atoms with Gasteiger partial charge in [0, 0.05) is 0 Å². The van der Waals surface area contributed by atoms with E-state index in [0.29, 0.717) is 45.7 Å². The highest BCUT2D eigenvalue weighted by atomic mass is 16.5. The van der Waals surface area contributed by atoms with Gasteiger partial charge in [0.05, 0.1) is 37.8 Å². The molecule has 4 rings (SSSR count). The van der Waals surface area contributed by atoms with Crippen molar-refractivity contribution in [1.82, 2.24) is 0 Å². The van der Waals surface area contributed by atoms with Crippen LogP contribution < -0.4 is 24.7 Å². The molecule has 1 aliphatic heterocycles. The fraction of sp³-hybridized carbons (Fsp3) is 0.348. The van der Waals surface area contributed by atoms with E-state index in [1.807, 2.05) is 0 Å². The van der Waals surface area contributed by atoms with Crippen LogP contribution >= 0.6 is 0 Å². The monoisotopic (exact) mass is 412 g/mol. The lowest BCUT2D eigenvalue weighted by Crippen LogP contribution is -3.26. The lowest BCUT2D eigenvalue weighted by Gasteiger charge is -2.27. The lowest BCUT2D eigenvalue weighted by molar-refractivity contribution is -1.01. The summed E-state index contributed by atoms with van der Waals surface area (Å²) in [6.07, 6.45) is 1.47. The SMILES string of the molecule is COc1ccc(-c2coc3c(C[NH+]4CC[NH+](C)CC4)c(O)ccc3c2=O)cc1OC. The van der Waals surface area contributed by atoms with E-state index in [0.717, 1.165) is 26.2 Å². The van der Waals surface area contributed by atoms with E-state index in [2.05, 4.69) is 7.05 Å². The zero-order valence-corrected chi connectivity index (χ0v) is 17.6. The highest BCUT2D eigenvalue weighted by molar-refractivity contribution is 5.85. The van der Waals surface area contributed by atoms with Gasteiger partial charge in [-0.3, -0.25) is 4.79 Å². The maximum atomic E-state index is 13.3. The zero-order valence-electron chi connectivity index (χ0n) is 17.6. The van der Waals surface area contributed by atoms with E-state index in [-0.39, 0.29) is 11.2 Å². The van der Waals surface area contributed by atoms with Crippen molar-refractivity contribution in [3.63, 3.8) is 0 Å². The number of fused-ring (bicyclic) bond motifs is 1. The number of likely N-dealkylation sites (N-methyl/N-ethyl adjacent to an activating group) is 1. The Morgan fingerprint density at radius 3 is 2.47 bits per heavy atom. The predicted molar refractivity (Wildman–Crippen MR) is 114 cm³/mol. The number of hydrogen-bond acceptors (Lipinski definition) is 5. The van der Waals surface area contributed by atoms with E-state index in [1.54, 1.807) is 44.6 Å². The Morgan fingerprint density at radius 1 is 1.03 bits per heavy atom. The summed E-state index contributed by atoms with van der Waals surface area (Å²) in [6, 6.07) is 8.55. The summed E-state index contributed by atoms with van der Waals surface area (Å²) in [5, 5.41) is 11.0. The molecule has 2 aromatic carbocycles. The molecule has 1 saturated heterocycles. The van der Waals surface area contributed by atoms with Crippen LogP contribution in [-0.4, -0.2) is 52.6 Å². The van der Waals surface area contributed by atoms with Crippen molar-refractivity contribution < 1.29 is 28.8 Å². The summed E-state index contributed by atoms with van der Waals surface area (Å²) in [4.78, 5) is 16.2. The number of hydrogen-bond donors (Lipinski definition) is 3. The third-order valence-corrected chi connectivity index (χ3v) is 5.95. The molecule has 3 N–H and O–H groups in total. The third kappa shape index (κ3) is 3.74. The minimum atomic E-state index is -0.137. The number of nitrogens with one attached hydrogen (secondary N) is 2.